The minimum absolute atomic E-state index is 0.272. The van der Waals surface area contributed by atoms with Crippen LogP contribution in [0.3, 0.4) is 0 Å². The number of carbonyl (C=O) groups excluding carboxylic acids is 2. The molecule has 0 aliphatic rings. The Kier molecular flexibility index (Phi) is 5.82. The molecule has 0 saturated heterocycles. The lowest BCUT2D eigenvalue weighted by Gasteiger charge is -2.39. The molecule has 1 aromatic carbocycles. The fourth-order valence-corrected chi connectivity index (χ4v) is 2.23. The van der Waals surface area contributed by atoms with Crippen molar-refractivity contribution in [3.8, 4) is 0 Å². The maximum Gasteiger partial charge on any atom is 0.337 e. The zero-order valence-corrected chi connectivity index (χ0v) is 15.8. The number of nitrogens with two attached hydrogens (primary N) is 1. The van der Waals surface area contributed by atoms with Gasteiger partial charge in [0, 0.05) is 0 Å². The number of carbonyl (C=O) groups is 2. The fraction of sp³-hybridized carbons (Fsp3) is 0.579. The van der Waals surface area contributed by atoms with Gasteiger partial charge < -0.3 is 15.8 Å². The third-order valence-corrected chi connectivity index (χ3v) is 3.91. The van der Waals surface area contributed by atoms with Gasteiger partial charge in [-0.1, -0.05) is 51.1 Å². The molecule has 0 aliphatic heterocycles. The van der Waals surface area contributed by atoms with Gasteiger partial charge in [0.2, 0.25) is 0 Å². The highest BCUT2D eigenvalue weighted by Gasteiger charge is 2.54. The van der Waals surface area contributed by atoms with E-state index in [1.165, 1.54) is 0 Å². The predicted octanol–water partition coefficient (Wildman–Crippen LogP) is 2.95. The molecule has 0 heterocycles. The highest BCUT2D eigenvalue weighted by Crippen LogP contribution is 2.32. The van der Waals surface area contributed by atoms with Gasteiger partial charge >= 0.3 is 5.97 Å². The Balaban J connectivity index is 3.08. The van der Waals surface area contributed by atoms with Gasteiger partial charge in [-0.2, -0.15) is 0 Å². The summed E-state index contributed by atoms with van der Waals surface area (Å²) < 4.78 is 5.41. The van der Waals surface area contributed by atoms with E-state index in [9.17, 15) is 9.59 Å². The van der Waals surface area contributed by atoms with Gasteiger partial charge in [0.1, 0.15) is 5.60 Å². The average molecular weight is 334 g/mol. The van der Waals surface area contributed by atoms with Crippen LogP contribution in [0.5, 0.6) is 0 Å². The summed E-state index contributed by atoms with van der Waals surface area (Å²) >= 11 is 0. The summed E-state index contributed by atoms with van der Waals surface area (Å²) in [6.07, 6.45) is 0. The highest BCUT2D eigenvalue weighted by atomic mass is 16.6. The fourth-order valence-electron chi connectivity index (χ4n) is 2.23. The van der Waals surface area contributed by atoms with Crippen molar-refractivity contribution in [2.75, 3.05) is 0 Å². The van der Waals surface area contributed by atoms with Crippen molar-refractivity contribution in [1.82, 2.24) is 5.32 Å². The van der Waals surface area contributed by atoms with Crippen molar-refractivity contribution in [1.29, 1.82) is 0 Å². The Morgan fingerprint density at radius 2 is 1.54 bits per heavy atom. The Labute approximate surface area is 145 Å². The summed E-state index contributed by atoms with van der Waals surface area (Å²) in [4.78, 5) is 25.6. The van der Waals surface area contributed by atoms with E-state index in [-0.39, 0.29) is 6.04 Å². The molecule has 0 bridgehead atoms. The van der Waals surface area contributed by atoms with Gasteiger partial charge in [-0.05, 0) is 38.7 Å². The monoisotopic (exact) mass is 334 g/mol. The standard InChI is InChI=1S/C19H30N2O3/c1-13(14-11-9-8-10-12-14)21-15(22)19(20,17(2,3)4)16(23)24-18(5,6)7/h8-13H,20H2,1-7H3,(H,21,22). The molecule has 1 amide bonds. The van der Waals surface area contributed by atoms with Crippen molar-refractivity contribution < 1.29 is 14.3 Å². The zero-order chi connectivity index (χ0) is 18.8. The molecule has 0 fully saturated rings. The van der Waals surface area contributed by atoms with Gasteiger partial charge in [0.05, 0.1) is 6.04 Å². The van der Waals surface area contributed by atoms with Crippen molar-refractivity contribution in [3.05, 3.63) is 35.9 Å². The Morgan fingerprint density at radius 1 is 1.04 bits per heavy atom. The third kappa shape index (κ3) is 4.57. The molecule has 5 nitrogen and oxygen atoms in total. The zero-order valence-electron chi connectivity index (χ0n) is 15.8. The Bertz CT molecular complexity index is 585. The van der Waals surface area contributed by atoms with E-state index < -0.39 is 28.4 Å². The third-order valence-electron chi connectivity index (χ3n) is 3.91. The number of hydrogen-bond donors (Lipinski definition) is 2. The second-order valence-electron chi connectivity index (χ2n) is 8.17. The molecule has 2 unspecified atom stereocenters. The van der Waals surface area contributed by atoms with Crippen LogP contribution in [0.2, 0.25) is 0 Å². The van der Waals surface area contributed by atoms with Gasteiger partial charge in [-0.15, -0.1) is 0 Å². The van der Waals surface area contributed by atoms with Gasteiger partial charge in [-0.3, -0.25) is 4.79 Å². The maximum atomic E-state index is 12.9. The summed E-state index contributed by atoms with van der Waals surface area (Å²) in [6, 6.07) is 9.24. The van der Waals surface area contributed by atoms with Crippen LogP contribution in [0.15, 0.2) is 30.3 Å². The van der Waals surface area contributed by atoms with Crippen LogP contribution in [0.25, 0.3) is 0 Å². The lowest BCUT2D eigenvalue weighted by Crippen LogP contribution is -2.68. The molecule has 0 radical (unpaired) electrons. The topological polar surface area (TPSA) is 81.4 Å². The van der Waals surface area contributed by atoms with Gasteiger partial charge in [0.15, 0.2) is 5.54 Å². The molecule has 0 spiro atoms. The second-order valence-corrected chi connectivity index (χ2v) is 8.17. The largest absolute Gasteiger partial charge is 0.458 e. The number of benzene rings is 1. The first-order valence-corrected chi connectivity index (χ1v) is 8.17. The normalized spacial score (nSPS) is 16.0. The first-order valence-electron chi connectivity index (χ1n) is 8.17. The number of rotatable bonds is 4. The number of esters is 1. The van der Waals surface area contributed by atoms with E-state index in [2.05, 4.69) is 5.32 Å². The van der Waals surface area contributed by atoms with Gasteiger partial charge in [-0.25, -0.2) is 4.79 Å². The molecule has 0 aromatic heterocycles. The van der Waals surface area contributed by atoms with Crippen LogP contribution < -0.4 is 11.1 Å². The van der Waals surface area contributed by atoms with Crippen molar-refractivity contribution in [3.63, 3.8) is 0 Å². The first kappa shape index (κ1) is 20.2. The molecule has 5 heteroatoms. The van der Waals surface area contributed by atoms with Crippen LogP contribution in [-0.4, -0.2) is 23.0 Å². The van der Waals surface area contributed by atoms with E-state index in [1.54, 1.807) is 41.5 Å². The molecule has 134 valence electrons. The molecular formula is C19H30N2O3. The minimum Gasteiger partial charge on any atom is -0.458 e. The Morgan fingerprint density at radius 3 is 1.96 bits per heavy atom. The molecule has 1 rings (SSSR count). The second kappa shape index (κ2) is 6.93. The predicted molar refractivity (Wildman–Crippen MR) is 95.2 cm³/mol. The summed E-state index contributed by atoms with van der Waals surface area (Å²) in [7, 11) is 0. The minimum atomic E-state index is -1.79. The van der Waals surface area contributed by atoms with Crippen molar-refractivity contribution >= 4 is 11.9 Å². The first-order chi connectivity index (χ1) is 10.8. The number of hydrogen-bond acceptors (Lipinski definition) is 4. The molecule has 1 aromatic rings. The SMILES string of the molecule is CC(NC(=O)C(N)(C(=O)OC(C)(C)C)C(C)(C)C)c1ccccc1. The lowest BCUT2D eigenvalue weighted by atomic mass is 9.73. The quantitative estimate of drug-likeness (QED) is 0.655. The molecular weight excluding hydrogens is 304 g/mol. The van der Waals surface area contributed by atoms with Crippen LogP contribution in [-0.2, 0) is 14.3 Å². The number of nitrogens with one attached hydrogen (secondary N) is 1. The Hall–Kier alpha value is -1.88. The highest BCUT2D eigenvalue weighted by molar-refractivity contribution is 6.08. The van der Waals surface area contributed by atoms with Crippen molar-refractivity contribution in [2.45, 2.75) is 65.6 Å². The maximum absolute atomic E-state index is 12.9. The van der Waals surface area contributed by atoms with Crippen molar-refractivity contribution in [2.24, 2.45) is 11.1 Å². The van der Waals surface area contributed by atoms with E-state index >= 15 is 0 Å². The van der Waals surface area contributed by atoms with Crippen LogP contribution in [0.4, 0.5) is 0 Å². The van der Waals surface area contributed by atoms with Crippen LogP contribution in [0, 0.1) is 5.41 Å². The molecule has 0 aliphatic carbocycles. The van der Waals surface area contributed by atoms with Crippen LogP contribution in [0.1, 0.15) is 60.1 Å². The number of ether oxygens (including phenoxy) is 1. The van der Waals surface area contributed by atoms with E-state index in [1.807, 2.05) is 37.3 Å². The summed E-state index contributed by atoms with van der Waals surface area (Å²) in [6.45, 7) is 12.4. The van der Waals surface area contributed by atoms with E-state index in [0.717, 1.165) is 5.56 Å². The average Bonchev–Trinajstić information content (AvgIpc) is 2.43. The molecule has 0 saturated carbocycles. The summed E-state index contributed by atoms with van der Waals surface area (Å²) in [5.41, 5.74) is 3.92. The molecule has 3 N–H and O–H groups in total. The summed E-state index contributed by atoms with van der Waals surface area (Å²) in [5, 5.41) is 2.85. The van der Waals surface area contributed by atoms with E-state index in [0.29, 0.717) is 0 Å². The number of amides is 1. The van der Waals surface area contributed by atoms with Crippen LogP contribution >= 0.6 is 0 Å². The molecule has 24 heavy (non-hydrogen) atoms. The smallest absolute Gasteiger partial charge is 0.337 e. The van der Waals surface area contributed by atoms with E-state index in [4.69, 9.17) is 10.5 Å². The lowest BCUT2D eigenvalue weighted by molar-refractivity contribution is -0.169. The van der Waals surface area contributed by atoms with Gasteiger partial charge in [0.25, 0.3) is 5.91 Å². The molecule has 2 atom stereocenters. The summed E-state index contributed by atoms with van der Waals surface area (Å²) in [5.74, 6) is -1.26.